The minimum absolute atomic E-state index is 0.00601. The SMILES string of the molecule is COc1ccc(C)cc1NC(=O)c1nnn(CC(=O)Nc2cccc(C)c2)c1N. The maximum absolute atomic E-state index is 12.6. The van der Waals surface area contributed by atoms with Crippen LogP contribution in [-0.2, 0) is 11.3 Å². The van der Waals surface area contributed by atoms with Crippen LogP contribution in [0.2, 0.25) is 0 Å². The molecule has 150 valence electrons. The Labute approximate surface area is 167 Å². The Morgan fingerprint density at radius 2 is 1.86 bits per heavy atom. The number of nitrogens with two attached hydrogens (primary N) is 1. The van der Waals surface area contributed by atoms with E-state index in [0.29, 0.717) is 17.1 Å². The number of anilines is 3. The van der Waals surface area contributed by atoms with Gasteiger partial charge in [-0.15, -0.1) is 5.10 Å². The Hall–Kier alpha value is -3.88. The van der Waals surface area contributed by atoms with Gasteiger partial charge in [-0.3, -0.25) is 9.59 Å². The number of benzene rings is 2. The summed E-state index contributed by atoms with van der Waals surface area (Å²) in [5.74, 6) is -0.378. The molecule has 1 heterocycles. The lowest BCUT2D eigenvalue weighted by molar-refractivity contribution is -0.116. The molecule has 0 saturated heterocycles. The van der Waals surface area contributed by atoms with Gasteiger partial charge in [-0.1, -0.05) is 23.4 Å². The van der Waals surface area contributed by atoms with Crippen molar-refractivity contribution in [3.8, 4) is 5.75 Å². The number of nitrogen functional groups attached to an aromatic ring is 1. The summed E-state index contributed by atoms with van der Waals surface area (Å²) in [4.78, 5) is 24.8. The molecule has 0 aliphatic carbocycles. The fraction of sp³-hybridized carbons (Fsp3) is 0.200. The van der Waals surface area contributed by atoms with E-state index in [1.165, 1.54) is 11.8 Å². The Balaban J connectivity index is 1.71. The molecular formula is C20H22N6O3. The fourth-order valence-corrected chi connectivity index (χ4v) is 2.76. The lowest BCUT2D eigenvalue weighted by atomic mass is 10.2. The number of rotatable bonds is 6. The summed E-state index contributed by atoms with van der Waals surface area (Å²) in [6, 6.07) is 12.8. The summed E-state index contributed by atoms with van der Waals surface area (Å²) in [6.45, 7) is 3.65. The summed E-state index contributed by atoms with van der Waals surface area (Å²) < 4.78 is 6.42. The smallest absolute Gasteiger partial charge is 0.280 e. The summed E-state index contributed by atoms with van der Waals surface area (Å²) in [5.41, 5.74) is 9.04. The zero-order valence-electron chi connectivity index (χ0n) is 16.4. The predicted octanol–water partition coefficient (Wildman–Crippen LogP) is 2.38. The molecule has 2 amide bonds. The van der Waals surface area contributed by atoms with E-state index in [2.05, 4.69) is 20.9 Å². The van der Waals surface area contributed by atoms with Crippen molar-refractivity contribution in [2.75, 3.05) is 23.5 Å². The average molecular weight is 394 g/mol. The third-order valence-corrected chi connectivity index (χ3v) is 4.19. The van der Waals surface area contributed by atoms with Crippen molar-refractivity contribution in [2.24, 2.45) is 0 Å². The van der Waals surface area contributed by atoms with Crippen LogP contribution in [0.5, 0.6) is 5.75 Å². The molecule has 0 fully saturated rings. The molecule has 0 atom stereocenters. The van der Waals surface area contributed by atoms with Crippen molar-refractivity contribution in [3.63, 3.8) is 0 Å². The molecule has 29 heavy (non-hydrogen) atoms. The number of nitrogens with one attached hydrogen (secondary N) is 2. The van der Waals surface area contributed by atoms with Crippen LogP contribution in [0.4, 0.5) is 17.2 Å². The number of nitrogens with zero attached hydrogens (tertiary/aromatic N) is 3. The standard InChI is InChI=1S/C20H22N6O3/c1-12-5-4-6-14(9-12)22-17(27)11-26-19(21)18(24-25-26)20(28)23-15-10-13(2)7-8-16(15)29-3/h4-10H,11,21H2,1-3H3,(H,22,27)(H,23,28). The molecule has 0 aliphatic rings. The van der Waals surface area contributed by atoms with E-state index in [1.807, 2.05) is 38.1 Å². The lowest BCUT2D eigenvalue weighted by Gasteiger charge is -2.10. The summed E-state index contributed by atoms with van der Waals surface area (Å²) >= 11 is 0. The van der Waals surface area contributed by atoms with E-state index in [1.54, 1.807) is 18.2 Å². The van der Waals surface area contributed by atoms with Crippen LogP contribution < -0.4 is 21.1 Å². The zero-order valence-corrected chi connectivity index (χ0v) is 16.4. The number of aryl methyl sites for hydroxylation is 2. The van der Waals surface area contributed by atoms with Crippen molar-refractivity contribution in [3.05, 3.63) is 59.3 Å². The number of carbonyl (C=O) groups is 2. The van der Waals surface area contributed by atoms with Crippen molar-refractivity contribution >= 4 is 29.0 Å². The van der Waals surface area contributed by atoms with Gasteiger partial charge < -0.3 is 21.1 Å². The number of aromatic nitrogens is 3. The maximum atomic E-state index is 12.6. The van der Waals surface area contributed by atoms with Gasteiger partial charge in [-0.25, -0.2) is 4.68 Å². The van der Waals surface area contributed by atoms with Gasteiger partial charge in [0, 0.05) is 5.69 Å². The highest BCUT2D eigenvalue weighted by atomic mass is 16.5. The molecule has 2 aromatic carbocycles. The number of hydrogen-bond donors (Lipinski definition) is 3. The predicted molar refractivity (Wildman–Crippen MR) is 110 cm³/mol. The second kappa shape index (κ2) is 8.42. The average Bonchev–Trinajstić information content (AvgIpc) is 3.02. The minimum atomic E-state index is -0.545. The highest BCUT2D eigenvalue weighted by Gasteiger charge is 2.20. The molecule has 4 N–H and O–H groups in total. The molecule has 0 spiro atoms. The number of methoxy groups -OCH3 is 1. The van der Waals surface area contributed by atoms with Gasteiger partial charge in [0.05, 0.1) is 12.8 Å². The Kier molecular flexibility index (Phi) is 5.77. The molecule has 0 aliphatic heterocycles. The normalized spacial score (nSPS) is 10.4. The monoisotopic (exact) mass is 394 g/mol. The van der Waals surface area contributed by atoms with Crippen LogP contribution in [0, 0.1) is 13.8 Å². The molecule has 3 rings (SSSR count). The Morgan fingerprint density at radius 3 is 2.59 bits per heavy atom. The lowest BCUT2D eigenvalue weighted by Crippen LogP contribution is -2.21. The molecular weight excluding hydrogens is 372 g/mol. The van der Waals surface area contributed by atoms with Crippen LogP contribution in [0.3, 0.4) is 0 Å². The molecule has 1 aromatic heterocycles. The molecule has 9 nitrogen and oxygen atoms in total. The first-order valence-corrected chi connectivity index (χ1v) is 8.89. The molecule has 0 unspecified atom stereocenters. The van der Waals surface area contributed by atoms with Crippen LogP contribution in [0.1, 0.15) is 21.6 Å². The van der Waals surface area contributed by atoms with Crippen LogP contribution in [-0.4, -0.2) is 33.9 Å². The first-order valence-electron chi connectivity index (χ1n) is 8.89. The Morgan fingerprint density at radius 1 is 1.10 bits per heavy atom. The number of amides is 2. The summed E-state index contributed by atoms with van der Waals surface area (Å²) in [6.07, 6.45) is 0. The summed E-state index contributed by atoms with van der Waals surface area (Å²) in [7, 11) is 1.51. The van der Waals surface area contributed by atoms with Crippen molar-refractivity contribution in [1.29, 1.82) is 0 Å². The van der Waals surface area contributed by atoms with E-state index in [0.717, 1.165) is 11.1 Å². The van der Waals surface area contributed by atoms with Crippen LogP contribution >= 0.6 is 0 Å². The van der Waals surface area contributed by atoms with Gasteiger partial charge in [0.15, 0.2) is 11.5 Å². The van der Waals surface area contributed by atoms with Gasteiger partial charge in [0.25, 0.3) is 5.91 Å². The second-order valence-electron chi connectivity index (χ2n) is 6.56. The number of ether oxygens (including phenoxy) is 1. The summed E-state index contributed by atoms with van der Waals surface area (Å²) in [5, 5.41) is 13.1. The highest BCUT2D eigenvalue weighted by molar-refractivity contribution is 6.06. The van der Waals surface area contributed by atoms with Crippen molar-refractivity contribution in [2.45, 2.75) is 20.4 Å². The van der Waals surface area contributed by atoms with Crippen LogP contribution in [0.25, 0.3) is 0 Å². The molecule has 9 heteroatoms. The van der Waals surface area contributed by atoms with Crippen LogP contribution in [0.15, 0.2) is 42.5 Å². The van der Waals surface area contributed by atoms with E-state index in [-0.39, 0.29) is 24.0 Å². The molecule has 0 saturated carbocycles. The first kappa shape index (κ1) is 19.9. The highest BCUT2D eigenvalue weighted by Crippen LogP contribution is 2.26. The third kappa shape index (κ3) is 4.70. The number of carbonyl (C=O) groups excluding carboxylic acids is 2. The molecule has 0 radical (unpaired) electrons. The van der Waals surface area contributed by atoms with E-state index in [9.17, 15) is 9.59 Å². The number of hydrogen-bond acceptors (Lipinski definition) is 6. The fourth-order valence-electron chi connectivity index (χ4n) is 2.76. The minimum Gasteiger partial charge on any atom is -0.495 e. The third-order valence-electron chi connectivity index (χ3n) is 4.19. The van der Waals surface area contributed by atoms with Gasteiger partial charge in [-0.2, -0.15) is 0 Å². The van der Waals surface area contributed by atoms with E-state index >= 15 is 0 Å². The van der Waals surface area contributed by atoms with Gasteiger partial charge in [0.2, 0.25) is 5.91 Å². The largest absolute Gasteiger partial charge is 0.495 e. The first-order chi connectivity index (χ1) is 13.9. The van der Waals surface area contributed by atoms with Gasteiger partial charge in [0.1, 0.15) is 12.3 Å². The van der Waals surface area contributed by atoms with Crippen molar-refractivity contribution < 1.29 is 14.3 Å². The molecule has 0 bridgehead atoms. The zero-order chi connectivity index (χ0) is 21.0. The quantitative estimate of drug-likeness (QED) is 0.590. The topological polar surface area (TPSA) is 124 Å². The second-order valence-corrected chi connectivity index (χ2v) is 6.56. The van der Waals surface area contributed by atoms with E-state index < -0.39 is 5.91 Å². The maximum Gasteiger partial charge on any atom is 0.280 e. The van der Waals surface area contributed by atoms with Crippen molar-refractivity contribution in [1.82, 2.24) is 15.0 Å². The van der Waals surface area contributed by atoms with Gasteiger partial charge in [-0.05, 0) is 49.2 Å². The molecule has 3 aromatic rings. The van der Waals surface area contributed by atoms with Gasteiger partial charge >= 0.3 is 0 Å². The van der Waals surface area contributed by atoms with E-state index in [4.69, 9.17) is 10.5 Å². The Bertz CT molecular complexity index is 1060.